The summed E-state index contributed by atoms with van der Waals surface area (Å²) in [4.78, 5) is 0. The van der Waals surface area contributed by atoms with Gasteiger partial charge in [-0.15, -0.1) is 0 Å². The Morgan fingerprint density at radius 2 is 1.83 bits per heavy atom. The van der Waals surface area contributed by atoms with E-state index < -0.39 is 10.0 Å². The molecule has 0 fully saturated rings. The van der Waals surface area contributed by atoms with E-state index in [0.717, 1.165) is 11.3 Å². The van der Waals surface area contributed by atoms with Crippen LogP contribution in [0.1, 0.15) is 11.1 Å². The van der Waals surface area contributed by atoms with E-state index >= 15 is 0 Å². The minimum Gasteiger partial charge on any atom is -0.492 e. The third-order valence-electron chi connectivity index (χ3n) is 3.12. The fraction of sp³-hybridized carbons (Fsp3) is 0.250. The lowest BCUT2D eigenvalue weighted by molar-refractivity contribution is 0.320. The van der Waals surface area contributed by atoms with Gasteiger partial charge in [0.05, 0.1) is 15.8 Å². The van der Waals surface area contributed by atoms with E-state index in [9.17, 15) is 8.42 Å². The zero-order valence-electron chi connectivity index (χ0n) is 12.6. The van der Waals surface area contributed by atoms with Crippen molar-refractivity contribution >= 4 is 33.2 Å². The highest BCUT2D eigenvalue weighted by Crippen LogP contribution is 2.23. The van der Waals surface area contributed by atoms with Gasteiger partial charge in [0.1, 0.15) is 12.4 Å². The molecule has 0 saturated heterocycles. The van der Waals surface area contributed by atoms with Gasteiger partial charge in [0.2, 0.25) is 10.0 Å². The molecule has 0 aromatic heterocycles. The van der Waals surface area contributed by atoms with Gasteiger partial charge in [-0.3, -0.25) is 0 Å². The monoisotopic (exact) mass is 373 g/mol. The van der Waals surface area contributed by atoms with Gasteiger partial charge >= 0.3 is 0 Å². The Morgan fingerprint density at radius 3 is 2.52 bits per heavy atom. The molecule has 0 saturated carbocycles. The zero-order valence-corrected chi connectivity index (χ0v) is 14.9. The first-order valence-electron chi connectivity index (χ1n) is 6.97. The second-order valence-electron chi connectivity index (χ2n) is 5.02. The van der Waals surface area contributed by atoms with Crippen molar-refractivity contribution in [2.45, 2.75) is 12.7 Å². The number of aryl methyl sites for hydroxylation is 1. The molecule has 23 heavy (non-hydrogen) atoms. The summed E-state index contributed by atoms with van der Waals surface area (Å²) < 4.78 is 32.1. The summed E-state index contributed by atoms with van der Waals surface area (Å²) in [5, 5.41) is 0.731. The van der Waals surface area contributed by atoms with Crippen molar-refractivity contribution in [1.82, 2.24) is 4.72 Å². The van der Waals surface area contributed by atoms with Gasteiger partial charge in [-0.05, 0) is 36.2 Å². The van der Waals surface area contributed by atoms with Crippen LogP contribution in [-0.4, -0.2) is 21.6 Å². The van der Waals surface area contributed by atoms with Crippen molar-refractivity contribution in [3.63, 3.8) is 0 Å². The van der Waals surface area contributed by atoms with Crippen LogP contribution in [0.15, 0.2) is 42.5 Å². The van der Waals surface area contributed by atoms with Crippen molar-refractivity contribution in [2.24, 2.45) is 0 Å². The highest BCUT2D eigenvalue weighted by Gasteiger charge is 2.12. The van der Waals surface area contributed by atoms with Crippen molar-refractivity contribution in [3.05, 3.63) is 63.6 Å². The Bertz CT molecular complexity index is 779. The highest BCUT2D eigenvalue weighted by atomic mass is 35.5. The molecule has 0 aliphatic heterocycles. The number of halogens is 2. The van der Waals surface area contributed by atoms with Crippen molar-refractivity contribution in [3.8, 4) is 5.75 Å². The molecule has 0 radical (unpaired) electrons. The van der Waals surface area contributed by atoms with E-state index in [1.165, 1.54) is 0 Å². The Kier molecular flexibility index (Phi) is 6.30. The molecular formula is C16H17Cl2NO3S. The van der Waals surface area contributed by atoms with E-state index in [1.54, 1.807) is 18.2 Å². The molecule has 2 aromatic carbocycles. The number of nitrogens with one attached hydrogen (secondary N) is 1. The van der Waals surface area contributed by atoms with Crippen LogP contribution >= 0.6 is 23.2 Å². The van der Waals surface area contributed by atoms with Gasteiger partial charge in [-0.1, -0.05) is 47.5 Å². The topological polar surface area (TPSA) is 55.4 Å². The van der Waals surface area contributed by atoms with Gasteiger partial charge in [0.25, 0.3) is 0 Å². The molecule has 124 valence electrons. The number of hydrogen-bond acceptors (Lipinski definition) is 3. The van der Waals surface area contributed by atoms with Crippen molar-refractivity contribution in [2.75, 3.05) is 13.2 Å². The van der Waals surface area contributed by atoms with Gasteiger partial charge < -0.3 is 4.74 Å². The van der Waals surface area contributed by atoms with Crippen LogP contribution in [0.3, 0.4) is 0 Å². The van der Waals surface area contributed by atoms with E-state index in [2.05, 4.69) is 4.72 Å². The summed E-state index contributed by atoms with van der Waals surface area (Å²) >= 11 is 11.7. The summed E-state index contributed by atoms with van der Waals surface area (Å²) in [6.45, 7) is 2.38. The molecule has 0 spiro atoms. The average Bonchev–Trinajstić information content (AvgIpc) is 2.49. The molecule has 0 amide bonds. The second-order valence-corrected chi connectivity index (χ2v) is 7.64. The molecular weight excluding hydrogens is 357 g/mol. The summed E-state index contributed by atoms with van der Waals surface area (Å²) in [7, 11) is -3.46. The van der Waals surface area contributed by atoms with Gasteiger partial charge in [0, 0.05) is 6.54 Å². The van der Waals surface area contributed by atoms with E-state index in [4.69, 9.17) is 27.9 Å². The third-order valence-corrected chi connectivity index (χ3v) is 5.21. The Hall–Kier alpha value is -1.27. The predicted octanol–water partition coefficient (Wildman–Crippen LogP) is 3.80. The first kappa shape index (κ1) is 18.1. The summed E-state index contributed by atoms with van der Waals surface area (Å²) in [6, 6.07) is 12.3. The number of ether oxygens (including phenoxy) is 1. The smallest absolute Gasteiger partial charge is 0.215 e. The molecule has 4 nitrogen and oxygen atoms in total. The zero-order chi connectivity index (χ0) is 16.9. The van der Waals surface area contributed by atoms with Crippen molar-refractivity contribution in [1.29, 1.82) is 0 Å². The molecule has 1 N–H and O–H groups in total. The SMILES string of the molecule is Cc1ccccc1OCCNS(=O)(=O)Cc1ccc(Cl)c(Cl)c1. The molecule has 0 aliphatic rings. The number of rotatable bonds is 7. The number of para-hydroxylation sites is 1. The maximum absolute atomic E-state index is 12.0. The van der Waals surface area contributed by atoms with Crippen LogP contribution in [0.2, 0.25) is 10.0 Å². The third kappa shape index (κ3) is 5.70. The van der Waals surface area contributed by atoms with Gasteiger partial charge in [-0.25, -0.2) is 13.1 Å². The molecule has 0 heterocycles. The summed E-state index contributed by atoms with van der Waals surface area (Å²) in [5.41, 5.74) is 1.58. The number of benzene rings is 2. The number of sulfonamides is 1. The van der Waals surface area contributed by atoms with E-state index in [0.29, 0.717) is 15.6 Å². The largest absolute Gasteiger partial charge is 0.492 e. The highest BCUT2D eigenvalue weighted by molar-refractivity contribution is 7.88. The molecule has 2 rings (SSSR count). The van der Waals surface area contributed by atoms with Crippen LogP contribution in [0.4, 0.5) is 0 Å². The molecule has 0 unspecified atom stereocenters. The van der Waals surface area contributed by atoms with E-state index in [-0.39, 0.29) is 18.9 Å². The standard InChI is InChI=1S/C16H17Cl2NO3S/c1-12-4-2-3-5-16(12)22-9-8-19-23(20,21)11-13-6-7-14(17)15(18)10-13/h2-7,10,19H,8-9,11H2,1H3. The average molecular weight is 374 g/mol. The van der Waals surface area contributed by atoms with Gasteiger partial charge in [-0.2, -0.15) is 0 Å². The van der Waals surface area contributed by atoms with Crippen LogP contribution in [-0.2, 0) is 15.8 Å². The fourth-order valence-electron chi connectivity index (χ4n) is 1.98. The normalized spacial score (nSPS) is 11.4. The fourth-order valence-corrected chi connectivity index (χ4v) is 3.41. The molecule has 7 heteroatoms. The first-order chi connectivity index (χ1) is 10.9. The molecule has 0 bridgehead atoms. The first-order valence-corrected chi connectivity index (χ1v) is 9.38. The quantitative estimate of drug-likeness (QED) is 0.750. The number of hydrogen-bond donors (Lipinski definition) is 1. The molecule has 0 atom stereocenters. The van der Waals surface area contributed by atoms with Crippen LogP contribution in [0.5, 0.6) is 5.75 Å². The lowest BCUT2D eigenvalue weighted by Gasteiger charge is -2.10. The lowest BCUT2D eigenvalue weighted by Crippen LogP contribution is -2.29. The Balaban J connectivity index is 1.84. The maximum Gasteiger partial charge on any atom is 0.215 e. The lowest BCUT2D eigenvalue weighted by atomic mass is 10.2. The molecule has 2 aromatic rings. The summed E-state index contributed by atoms with van der Waals surface area (Å²) in [6.07, 6.45) is 0. The van der Waals surface area contributed by atoms with Crippen molar-refractivity contribution < 1.29 is 13.2 Å². The van der Waals surface area contributed by atoms with Crippen LogP contribution in [0, 0.1) is 6.92 Å². The minimum absolute atomic E-state index is 0.158. The predicted molar refractivity (Wildman–Crippen MR) is 93.8 cm³/mol. The Morgan fingerprint density at radius 1 is 1.09 bits per heavy atom. The minimum atomic E-state index is -3.46. The Labute approximate surface area is 146 Å². The maximum atomic E-state index is 12.0. The second kappa shape index (κ2) is 8.02. The summed E-state index contributed by atoms with van der Waals surface area (Å²) in [5.74, 6) is 0.588. The van der Waals surface area contributed by atoms with Crippen LogP contribution in [0.25, 0.3) is 0 Å². The van der Waals surface area contributed by atoms with Crippen LogP contribution < -0.4 is 9.46 Å². The van der Waals surface area contributed by atoms with Gasteiger partial charge in [0.15, 0.2) is 0 Å². The van der Waals surface area contributed by atoms with E-state index in [1.807, 2.05) is 31.2 Å². The molecule has 0 aliphatic carbocycles.